The van der Waals surface area contributed by atoms with Crippen LogP contribution in [0.3, 0.4) is 0 Å². The molecule has 0 aliphatic carbocycles. The highest BCUT2D eigenvalue weighted by Gasteiger charge is 2.18. The second kappa shape index (κ2) is 5.70. The smallest absolute Gasteiger partial charge is 0.341 e. The Hall–Kier alpha value is -2.79. The highest BCUT2D eigenvalue weighted by Crippen LogP contribution is 2.24. The number of hydrogen-bond donors (Lipinski definition) is 0. The zero-order valence-electron chi connectivity index (χ0n) is 10.2. The van der Waals surface area contributed by atoms with Gasteiger partial charge < -0.3 is 4.74 Å². The Morgan fingerprint density at radius 1 is 1.47 bits per heavy atom. The van der Waals surface area contributed by atoms with E-state index in [0.29, 0.717) is 5.69 Å². The lowest BCUT2D eigenvalue weighted by Gasteiger charge is -2.04. The van der Waals surface area contributed by atoms with Crippen LogP contribution in [0.4, 0.5) is 5.82 Å². The molecule has 0 N–H and O–H groups in total. The van der Waals surface area contributed by atoms with E-state index < -0.39 is 5.97 Å². The lowest BCUT2D eigenvalue weighted by molar-refractivity contribution is 0.0527. The molecule has 0 fully saturated rings. The van der Waals surface area contributed by atoms with Gasteiger partial charge in [-0.2, -0.15) is 5.10 Å². The van der Waals surface area contributed by atoms with Crippen molar-refractivity contribution in [3.63, 3.8) is 0 Å². The van der Waals surface area contributed by atoms with E-state index >= 15 is 0 Å². The quantitative estimate of drug-likeness (QED) is 0.364. The van der Waals surface area contributed by atoms with E-state index in [2.05, 4.69) is 15.1 Å². The molecule has 0 saturated carbocycles. The first-order chi connectivity index (χ1) is 9.27. The Morgan fingerprint density at radius 2 is 2.21 bits per heavy atom. The zero-order valence-corrected chi connectivity index (χ0v) is 10.2. The molecule has 7 nitrogen and oxygen atoms in total. The van der Waals surface area contributed by atoms with Crippen LogP contribution in [0.5, 0.6) is 0 Å². The van der Waals surface area contributed by atoms with E-state index in [1.165, 1.54) is 10.9 Å². The average molecular weight is 257 g/mol. The predicted molar refractivity (Wildman–Crippen MR) is 68.3 cm³/mol. The maximum atomic E-state index is 11.7. The topological polar surface area (TPSA) is 92.9 Å². The van der Waals surface area contributed by atoms with E-state index in [1.54, 1.807) is 19.1 Å². The van der Waals surface area contributed by atoms with Gasteiger partial charge in [0.05, 0.1) is 18.5 Å². The number of benzene rings is 1. The number of hydrogen-bond acceptors (Lipinski definition) is 4. The van der Waals surface area contributed by atoms with E-state index in [4.69, 9.17) is 10.3 Å². The van der Waals surface area contributed by atoms with Crippen LogP contribution < -0.4 is 0 Å². The number of esters is 1. The fourth-order valence-electron chi connectivity index (χ4n) is 1.59. The summed E-state index contributed by atoms with van der Waals surface area (Å²) in [5.74, 6) is -0.445. The summed E-state index contributed by atoms with van der Waals surface area (Å²) >= 11 is 0. The minimum Gasteiger partial charge on any atom is -0.462 e. The van der Waals surface area contributed by atoms with Gasteiger partial charge in [-0.15, -0.1) is 0 Å². The number of carbonyl (C=O) groups is 1. The van der Waals surface area contributed by atoms with Crippen molar-refractivity contribution in [2.75, 3.05) is 6.61 Å². The lowest BCUT2D eigenvalue weighted by Crippen LogP contribution is -2.04. The third-order valence-electron chi connectivity index (χ3n) is 2.38. The number of nitrogens with zero attached hydrogens (tertiary/aromatic N) is 5. The first-order valence-corrected chi connectivity index (χ1v) is 5.63. The molecule has 0 unspecified atom stereocenters. The summed E-state index contributed by atoms with van der Waals surface area (Å²) in [6.07, 6.45) is 1.33. The largest absolute Gasteiger partial charge is 0.462 e. The maximum Gasteiger partial charge on any atom is 0.341 e. The SMILES string of the molecule is CCOC(=O)c1cnn(-c2ccccc2)c1N=[N+]=[N-]. The second-order valence-electron chi connectivity index (χ2n) is 3.54. The molecule has 1 heterocycles. The molecule has 0 bridgehead atoms. The van der Waals surface area contributed by atoms with Crippen molar-refractivity contribution < 1.29 is 9.53 Å². The molecule has 1 aromatic carbocycles. The van der Waals surface area contributed by atoms with Crippen molar-refractivity contribution in [3.05, 3.63) is 52.5 Å². The molecule has 96 valence electrons. The van der Waals surface area contributed by atoms with Crippen LogP contribution in [0.2, 0.25) is 0 Å². The Labute approximate surface area is 109 Å². The fourth-order valence-corrected chi connectivity index (χ4v) is 1.59. The molecule has 0 saturated heterocycles. The summed E-state index contributed by atoms with van der Waals surface area (Å²) in [7, 11) is 0. The summed E-state index contributed by atoms with van der Waals surface area (Å²) < 4.78 is 6.28. The van der Waals surface area contributed by atoms with Crippen LogP contribution in [0.15, 0.2) is 41.6 Å². The molecule has 0 atom stereocenters. The number of aromatic nitrogens is 2. The monoisotopic (exact) mass is 257 g/mol. The predicted octanol–water partition coefficient (Wildman–Crippen LogP) is 2.99. The van der Waals surface area contributed by atoms with Gasteiger partial charge in [0.2, 0.25) is 0 Å². The van der Waals surface area contributed by atoms with E-state index in [1.807, 2.05) is 18.2 Å². The van der Waals surface area contributed by atoms with Crippen LogP contribution in [0.25, 0.3) is 16.1 Å². The molecule has 0 aliphatic heterocycles. The maximum absolute atomic E-state index is 11.7. The molecule has 0 radical (unpaired) electrons. The fraction of sp³-hybridized carbons (Fsp3) is 0.167. The Balaban J connectivity index is 2.52. The summed E-state index contributed by atoms with van der Waals surface area (Å²) in [6, 6.07) is 9.07. The first kappa shape index (κ1) is 12.7. The van der Waals surface area contributed by atoms with Crippen LogP contribution in [-0.4, -0.2) is 22.4 Å². The molecule has 2 aromatic rings. The molecule has 0 spiro atoms. The van der Waals surface area contributed by atoms with Crippen LogP contribution in [0, 0.1) is 0 Å². The van der Waals surface area contributed by atoms with Crippen LogP contribution in [-0.2, 0) is 4.74 Å². The number of para-hydroxylation sites is 1. The van der Waals surface area contributed by atoms with Crippen molar-refractivity contribution in [1.29, 1.82) is 0 Å². The molecule has 7 heteroatoms. The highest BCUT2D eigenvalue weighted by atomic mass is 16.5. The van der Waals surface area contributed by atoms with E-state index in [9.17, 15) is 4.79 Å². The molecular weight excluding hydrogens is 246 g/mol. The van der Waals surface area contributed by atoms with Gasteiger partial charge in [0.15, 0.2) is 0 Å². The number of carbonyl (C=O) groups excluding carboxylic acids is 1. The summed E-state index contributed by atoms with van der Waals surface area (Å²) in [6.45, 7) is 1.94. The molecule has 19 heavy (non-hydrogen) atoms. The van der Waals surface area contributed by atoms with Gasteiger partial charge >= 0.3 is 5.97 Å². The van der Waals surface area contributed by atoms with Gasteiger partial charge in [-0.1, -0.05) is 18.2 Å². The minimum atomic E-state index is -0.563. The molecule has 1 aromatic heterocycles. The van der Waals surface area contributed by atoms with E-state index in [0.717, 1.165) is 0 Å². The Bertz CT molecular complexity index is 629. The molecule has 2 rings (SSSR count). The third kappa shape index (κ3) is 2.56. The summed E-state index contributed by atoms with van der Waals surface area (Å²) in [4.78, 5) is 14.5. The van der Waals surface area contributed by atoms with Crippen molar-refractivity contribution in [2.24, 2.45) is 5.11 Å². The second-order valence-corrected chi connectivity index (χ2v) is 3.54. The summed E-state index contributed by atoms with van der Waals surface area (Å²) in [5.41, 5.74) is 9.45. The van der Waals surface area contributed by atoms with Gasteiger partial charge in [0, 0.05) is 4.91 Å². The average Bonchev–Trinajstić information content (AvgIpc) is 2.84. The third-order valence-corrected chi connectivity index (χ3v) is 2.38. The van der Waals surface area contributed by atoms with Gasteiger partial charge in [-0.05, 0) is 29.7 Å². The standard InChI is InChI=1S/C12H11N5O2/c1-2-19-12(18)10-8-14-17(11(10)15-16-13)9-6-4-3-5-7-9/h3-8H,2H2,1H3. The van der Waals surface area contributed by atoms with Gasteiger partial charge in [0.1, 0.15) is 11.4 Å². The number of azide groups is 1. The molecule has 0 aliphatic rings. The molecule has 0 amide bonds. The highest BCUT2D eigenvalue weighted by molar-refractivity contribution is 5.94. The van der Waals surface area contributed by atoms with E-state index in [-0.39, 0.29) is 18.0 Å². The van der Waals surface area contributed by atoms with Crippen molar-refractivity contribution in [2.45, 2.75) is 6.92 Å². The van der Waals surface area contributed by atoms with Crippen LogP contribution >= 0.6 is 0 Å². The van der Waals surface area contributed by atoms with Crippen LogP contribution in [0.1, 0.15) is 17.3 Å². The Kier molecular flexibility index (Phi) is 3.80. The van der Waals surface area contributed by atoms with Gasteiger partial charge in [0.25, 0.3) is 0 Å². The number of ether oxygens (including phenoxy) is 1. The summed E-state index contributed by atoms with van der Waals surface area (Å²) in [5, 5.41) is 7.59. The lowest BCUT2D eigenvalue weighted by atomic mass is 10.3. The normalized spacial score (nSPS) is 9.74. The zero-order chi connectivity index (χ0) is 13.7. The van der Waals surface area contributed by atoms with Crippen molar-refractivity contribution in [1.82, 2.24) is 9.78 Å². The van der Waals surface area contributed by atoms with Crippen molar-refractivity contribution in [3.8, 4) is 5.69 Å². The number of rotatable bonds is 4. The minimum absolute atomic E-state index is 0.118. The Morgan fingerprint density at radius 3 is 2.84 bits per heavy atom. The van der Waals surface area contributed by atoms with Gasteiger partial charge in [-0.25, -0.2) is 9.48 Å². The molecular formula is C12H11N5O2. The first-order valence-electron chi connectivity index (χ1n) is 5.63. The van der Waals surface area contributed by atoms with Gasteiger partial charge in [-0.3, -0.25) is 0 Å². The van der Waals surface area contributed by atoms with Crippen molar-refractivity contribution >= 4 is 11.8 Å².